The molecule has 0 radical (unpaired) electrons. The summed E-state index contributed by atoms with van der Waals surface area (Å²) in [5.74, 6) is 0.0988. The second kappa shape index (κ2) is 4.55. The molecular formula is C15H18N2O3S. The fourth-order valence-corrected chi connectivity index (χ4v) is 5.29. The molecule has 6 heteroatoms. The van der Waals surface area contributed by atoms with Gasteiger partial charge in [0.05, 0.1) is 17.0 Å². The van der Waals surface area contributed by atoms with Gasteiger partial charge in [-0.1, -0.05) is 0 Å². The van der Waals surface area contributed by atoms with Crippen LogP contribution in [0.15, 0.2) is 17.0 Å². The maximum Gasteiger partial charge on any atom is 0.243 e. The van der Waals surface area contributed by atoms with E-state index in [0.717, 1.165) is 49.0 Å². The summed E-state index contributed by atoms with van der Waals surface area (Å²) < 4.78 is 27.0. The smallest absolute Gasteiger partial charge is 0.243 e. The third kappa shape index (κ3) is 1.92. The van der Waals surface area contributed by atoms with Crippen LogP contribution in [0, 0.1) is 0 Å². The first-order valence-electron chi connectivity index (χ1n) is 7.54. The molecule has 1 aromatic rings. The maximum atomic E-state index is 12.7. The number of amides is 1. The predicted molar refractivity (Wildman–Crippen MR) is 78.8 cm³/mol. The highest BCUT2D eigenvalue weighted by Gasteiger charge is 2.35. The number of sulfonamides is 1. The first kappa shape index (κ1) is 13.3. The normalized spacial score (nSPS) is 21.9. The minimum Gasteiger partial charge on any atom is -0.312 e. The quantitative estimate of drug-likeness (QED) is 0.828. The molecule has 3 aliphatic heterocycles. The van der Waals surface area contributed by atoms with Gasteiger partial charge in [-0.05, 0) is 48.9 Å². The van der Waals surface area contributed by atoms with Crippen LogP contribution in [0.2, 0.25) is 0 Å². The molecule has 0 bridgehead atoms. The van der Waals surface area contributed by atoms with Crippen LogP contribution in [-0.2, 0) is 27.7 Å². The zero-order valence-electron chi connectivity index (χ0n) is 11.8. The summed E-state index contributed by atoms with van der Waals surface area (Å²) in [6.45, 7) is 1.98. The molecule has 3 aliphatic rings. The van der Waals surface area contributed by atoms with Crippen molar-refractivity contribution < 1.29 is 13.2 Å². The Morgan fingerprint density at radius 1 is 0.952 bits per heavy atom. The van der Waals surface area contributed by atoms with E-state index in [0.29, 0.717) is 24.4 Å². The Hall–Kier alpha value is -1.40. The molecule has 0 saturated carbocycles. The van der Waals surface area contributed by atoms with E-state index in [2.05, 4.69) is 0 Å². The highest BCUT2D eigenvalue weighted by atomic mass is 32.2. The van der Waals surface area contributed by atoms with Gasteiger partial charge < -0.3 is 4.90 Å². The molecule has 0 N–H and O–H groups in total. The molecule has 5 nitrogen and oxygen atoms in total. The SMILES string of the molecule is O=C1Cc2cc(S(=O)(=O)N3CCCC3)cc3c2N1CCC3. The van der Waals surface area contributed by atoms with Crippen LogP contribution in [0.1, 0.15) is 30.4 Å². The first-order chi connectivity index (χ1) is 10.1. The van der Waals surface area contributed by atoms with Crippen LogP contribution in [0.25, 0.3) is 0 Å². The molecule has 21 heavy (non-hydrogen) atoms. The first-order valence-corrected chi connectivity index (χ1v) is 8.98. The Morgan fingerprint density at radius 2 is 1.67 bits per heavy atom. The summed E-state index contributed by atoms with van der Waals surface area (Å²) in [4.78, 5) is 14.2. The van der Waals surface area contributed by atoms with Crippen LogP contribution in [0.4, 0.5) is 5.69 Å². The topological polar surface area (TPSA) is 57.7 Å². The van der Waals surface area contributed by atoms with Gasteiger partial charge in [-0.15, -0.1) is 0 Å². The number of aryl methyl sites for hydroxylation is 1. The van der Waals surface area contributed by atoms with Gasteiger partial charge in [-0.2, -0.15) is 4.31 Å². The van der Waals surface area contributed by atoms with Crippen molar-refractivity contribution >= 4 is 21.6 Å². The summed E-state index contributed by atoms with van der Waals surface area (Å²) in [7, 11) is -3.40. The van der Waals surface area contributed by atoms with Gasteiger partial charge in [-0.3, -0.25) is 4.79 Å². The van der Waals surface area contributed by atoms with Crippen LogP contribution >= 0.6 is 0 Å². The number of carbonyl (C=O) groups excluding carboxylic acids is 1. The van der Waals surface area contributed by atoms with E-state index in [-0.39, 0.29) is 5.91 Å². The molecule has 112 valence electrons. The second-order valence-electron chi connectivity index (χ2n) is 6.03. The van der Waals surface area contributed by atoms with E-state index >= 15 is 0 Å². The highest BCUT2D eigenvalue weighted by molar-refractivity contribution is 7.89. The average molecular weight is 306 g/mol. The summed E-state index contributed by atoms with van der Waals surface area (Å²) in [6, 6.07) is 3.51. The molecule has 0 aliphatic carbocycles. The Labute approximate surface area is 124 Å². The zero-order chi connectivity index (χ0) is 14.6. The molecule has 1 fully saturated rings. The fraction of sp³-hybridized carbons (Fsp3) is 0.533. The molecule has 3 heterocycles. The third-order valence-corrected chi connectivity index (χ3v) is 6.56. The van der Waals surface area contributed by atoms with E-state index in [1.165, 1.54) is 0 Å². The summed E-state index contributed by atoms with van der Waals surface area (Å²) >= 11 is 0. The van der Waals surface area contributed by atoms with Gasteiger partial charge in [-0.25, -0.2) is 8.42 Å². The van der Waals surface area contributed by atoms with Crippen LogP contribution in [0.3, 0.4) is 0 Å². The Morgan fingerprint density at radius 3 is 2.43 bits per heavy atom. The zero-order valence-corrected chi connectivity index (χ0v) is 12.7. The molecule has 1 amide bonds. The Balaban J connectivity index is 1.82. The lowest BCUT2D eigenvalue weighted by Crippen LogP contribution is -2.31. The van der Waals surface area contributed by atoms with Crippen molar-refractivity contribution in [2.24, 2.45) is 0 Å². The van der Waals surface area contributed by atoms with E-state index < -0.39 is 10.0 Å². The Kier molecular flexibility index (Phi) is 2.87. The molecule has 0 spiro atoms. The maximum absolute atomic E-state index is 12.7. The number of anilines is 1. The minimum absolute atomic E-state index is 0.0988. The summed E-state index contributed by atoms with van der Waals surface area (Å²) in [5, 5.41) is 0. The highest BCUT2D eigenvalue weighted by Crippen LogP contribution is 2.39. The number of benzene rings is 1. The second-order valence-corrected chi connectivity index (χ2v) is 7.96. The molecular weight excluding hydrogens is 288 g/mol. The molecule has 1 aromatic carbocycles. The number of hydrogen-bond donors (Lipinski definition) is 0. The fourth-order valence-electron chi connectivity index (χ4n) is 3.67. The number of rotatable bonds is 2. The Bertz CT molecular complexity index is 721. The molecule has 4 rings (SSSR count). The van der Waals surface area contributed by atoms with Gasteiger partial charge in [0, 0.05) is 19.6 Å². The molecule has 0 aromatic heterocycles. The number of hydrogen-bond acceptors (Lipinski definition) is 3. The predicted octanol–water partition coefficient (Wildman–Crippen LogP) is 1.31. The van der Waals surface area contributed by atoms with Gasteiger partial charge in [0.25, 0.3) is 0 Å². The largest absolute Gasteiger partial charge is 0.312 e. The van der Waals surface area contributed by atoms with Crippen LogP contribution in [0.5, 0.6) is 0 Å². The minimum atomic E-state index is -3.40. The van der Waals surface area contributed by atoms with Crippen molar-refractivity contribution in [1.29, 1.82) is 0 Å². The summed E-state index contributed by atoms with van der Waals surface area (Å²) in [5.41, 5.74) is 2.88. The van der Waals surface area contributed by atoms with Crippen LogP contribution < -0.4 is 4.90 Å². The lowest BCUT2D eigenvalue weighted by atomic mass is 10.0. The average Bonchev–Trinajstić information content (AvgIpc) is 3.09. The van der Waals surface area contributed by atoms with Crippen molar-refractivity contribution in [2.75, 3.05) is 24.5 Å². The lowest BCUT2D eigenvalue weighted by Gasteiger charge is -2.26. The standard InChI is InChI=1S/C15H18N2O3S/c18-14-10-12-9-13(21(19,20)16-5-1-2-6-16)8-11-4-3-7-17(14)15(11)12/h8-9H,1-7,10H2. The van der Waals surface area contributed by atoms with E-state index in [9.17, 15) is 13.2 Å². The van der Waals surface area contributed by atoms with Gasteiger partial charge in [0.1, 0.15) is 0 Å². The van der Waals surface area contributed by atoms with Crippen molar-refractivity contribution in [3.05, 3.63) is 23.3 Å². The van der Waals surface area contributed by atoms with E-state index in [1.54, 1.807) is 16.4 Å². The number of nitrogens with zero attached hydrogens (tertiary/aromatic N) is 2. The van der Waals surface area contributed by atoms with Crippen molar-refractivity contribution in [3.8, 4) is 0 Å². The van der Waals surface area contributed by atoms with Gasteiger partial charge in [0.15, 0.2) is 0 Å². The lowest BCUT2D eigenvalue weighted by molar-refractivity contribution is -0.117. The van der Waals surface area contributed by atoms with E-state index in [1.807, 2.05) is 4.90 Å². The van der Waals surface area contributed by atoms with Crippen molar-refractivity contribution in [2.45, 2.75) is 37.0 Å². The van der Waals surface area contributed by atoms with Crippen LogP contribution in [-0.4, -0.2) is 38.3 Å². The van der Waals surface area contributed by atoms with Crippen molar-refractivity contribution in [1.82, 2.24) is 4.31 Å². The monoisotopic (exact) mass is 306 g/mol. The number of carbonyl (C=O) groups is 1. The molecule has 0 unspecified atom stereocenters. The molecule has 1 saturated heterocycles. The van der Waals surface area contributed by atoms with E-state index in [4.69, 9.17) is 0 Å². The van der Waals surface area contributed by atoms with Gasteiger partial charge in [0.2, 0.25) is 15.9 Å². The van der Waals surface area contributed by atoms with Gasteiger partial charge >= 0.3 is 0 Å². The third-order valence-electron chi connectivity index (χ3n) is 4.68. The molecule has 0 atom stereocenters. The summed E-state index contributed by atoms with van der Waals surface area (Å²) in [6.07, 6.45) is 3.97. The van der Waals surface area contributed by atoms with Crippen molar-refractivity contribution in [3.63, 3.8) is 0 Å².